The maximum Gasteiger partial charge on any atom is 0.490 e. The first-order chi connectivity index (χ1) is 17.8. The van der Waals surface area contributed by atoms with Gasteiger partial charge >= 0.3 is 24.3 Å². The van der Waals surface area contributed by atoms with Crippen molar-refractivity contribution >= 4 is 17.8 Å². The molecule has 0 radical (unpaired) electrons. The molecule has 39 heavy (non-hydrogen) atoms. The van der Waals surface area contributed by atoms with E-state index >= 15 is 0 Å². The van der Waals surface area contributed by atoms with Gasteiger partial charge in [-0.2, -0.15) is 26.3 Å². The molecule has 2 fully saturated rings. The molecule has 3 rings (SSSR count). The number of amides is 1. The number of rotatable bonds is 5. The van der Waals surface area contributed by atoms with E-state index in [1.54, 1.807) is 0 Å². The number of piperidine rings is 1. The molecule has 2 heterocycles. The molecule has 0 bridgehead atoms. The van der Waals surface area contributed by atoms with Crippen molar-refractivity contribution in [3.8, 4) is 0 Å². The van der Waals surface area contributed by atoms with Crippen LogP contribution in [0.25, 0.3) is 0 Å². The van der Waals surface area contributed by atoms with Crippen molar-refractivity contribution in [3.63, 3.8) is 0 Å². The third-order valence-electron chi connectivity index (χ3n) is 5.72. The Hall–Kier alpha value is -2.98. The maximum absolute atomic E-state index is 13.0. The lowest BCUT2D eigenvalue weighted by molar-refractivity contribution is -0.193. The van der Waals surface area contributed by atoms with Crippen LogP contribution < -0.4 is 0 Å². The van der Waals surface area contributed by atoms with Gasteiger partial charge in [0.2, 0.25) is 5.91 Å². The van der Waals surface area contributed by atoms with Gasteiger partial charge in [0, 0.05) is 39.3 Å². The van der Waals surface area contributed by atoms with Crippen LogP contribution in [0.2, 0.25) is 0 Å². The Kier molecular flexibility index (Phi) is 12.6. The fourth-order valence-electron chi connectivity index (χ4n) is 3.58. The highest BCUT2D eigenvalue weighted by Gasteiger charge is 2.42. The van der Waals surface area contributed by atoms with E-state index in [9.17, 15) is 35.5 Å². The molecular formula is C23H30F7N3O6. The fourth-order valence-corrected chi connectivity index (χ4v) is 3.58. The SMILES string of the molecule is CN(C)CCN1CC2(CCN(Cc3ccc(F)cc3)CC2)OCC1=O.O=C(O)C(F)(F)F.O=C(O)C(F)(F)F. The van der Waals surface area contributed by atoms with Gasteiger partial charge in [-0.05, 0) is 44.6 Å². The zero-order chi connectivity index (χ0) is 30.0. The Bertz CT molecular complexity index is 923. The summed E-state index contributed by atoms with van der Waals surface area (Å²) in [4.78, 5) is 36.3. The van der Waals surface area contributed by atoms with Gasteiger partial charge in [-0.15, -0.1) is 0 Å². The second kappa shape index (κ2) is 14.4. The summed E-state index contributed by atoms with van der Waals surface area (Å²) in [5, 5.41) is 14.2. The number of morpholine rings is 1. The quantitative estimate of drug-likeness (QED) is 0.515. The molecule has 0 unspecified atom stereocenters. The largest absolute Gasteiger partial charge is 0.490 e. The normalized spacial score (nSPS) is 17.7. The third kappa shape index (κ3) is 12.6. The zero-order valence-corrected chi connectivity index (χ0v) is 21.2. The van der Waals surface area contributed by atoms with Gasteiger partial charge in [-0.3, -0.25) is 9.69 Å². The highest BCUT2D eigenvalue weighted by molar-refractivity contribution is 5.78. The highest BCUT2D eigenvalue weighted by Crippen LogP contribution is 2.31. The second-order valence-electron chi connectivity index (χ2n) is 9.10. The van der Waals surface area contributed by atoms with Crippen molar-refractivity contribution in [3.05, 3.63) is 35.6 Å². The number of carbonyl (C=O) groups excluding carboxylic acids is 1. The van der Waals surface area contributed by atoms with Crippen LogP contribution in [0.15, 0.2) is 24.3 Å². The molecule has 0 saturated carbocycles. The minimum Gasteiger partial charge on any atom is -0.475 e. The molecule has 0 atom stereocenters. The Morgan fingerprint density at radius 3 is 1.85 bits per heavy atom. The molecule has 16 heteroatoms. The number of alkyl halides is 6. The average molecular weight is 577 g/mol. The van der Waals surface area contributed by atoms with Gasteiger partial charge in [0.15, 0.2) is 0 Å². The summed E-state index contributed by atoms with van der Waals surface area (Å²) in [5.41, 5.74) is 0.934. The fraction of sp³-hybridized carbons (Fsp3) is 0.609. The summed E-state index contributed by atoms with van der Waals surface area (Å²) < 4.78 is 82.5. The summed E-state index contributed by atoms with van der Waals surface area (Å²) in [6.07, 6.45) is -8.31. The Morgan fingerprint density at radius 1 is 0.974 bits per heavy atom. The second-order valence-corrected chi connectivity index (χ2v) is 9.10. The number of ether oxygens (including phenoxy) is 1. The van der Waals surface area contributed by atoms with E-state index in [-0.39, 0.29) is 23.9 Å². The first-order valence-electron chi connectivity index (χ1n) is 11.5. The lowest BCUT2D eigenvalue weighted by Gasteiger charge is -2.47. The number of nitrogens with zero attached hydrogens (tertiary/aromatic N) is 3. The standard InChI is InChI=1S/C19H28FN3O2.2C2HF3O2/c1-21(2)11-12-23-15-19(25-14-18(23)24)7-9-22(10-8-19)13-16-3-5-17(20)6-4-16;2*3-2(4,5)1(6)7/h3-6H,7-15H2,1-2H3;2*(H,6,7). The van der Waals surface area contributed by atoms with Crippen LogP contribution in [0.3, 0.4) is 0 Å². The predicted octanol–water partition coefficient (Wildman–Crippen LogP) is 2.85. The number of likely N-dealkylation sites (N-methyl/N-ethyl adjacent to an activating group) is 1. The zero-order valence-electron chi connectivity index (χ0n) is 21.2. The molecular weight excluding hydrogens is 547 g/mol. The van der Waals surface area contributed by atoms with E-state index < -0.39 is 24.3 Å². The van der Waals surface area contributed by atoms with Crippen LogP contribution in [0.4, 0.5) is 30.7 Å². The minimum atomic E-state index is -5.08. The number of hydrogen-bond acceptors (Lipinski definition) is 6. The molecule has 2 N–H and O–H groups in total. The topological polar surface area (TPSA) is 111 Å². The molecule has 1 amide bonds. The number of halogens is 7. The Labute approximate surface area is 219 Å². The van der Waals surface area contributed by atoms with E-state index in [0.29, 0.717) is 6.54 Å². The Balaban J connectivity index is 0.000000449. The Morgan fingerprint density at radius 2 is 1.44 bits per heavy atom. The van der Waals surface area contributed by atoms with E-state index in [2.05, 4.69) is 9.80 Å². The average Bonchev–Trinajstić information content (AvgIpc) is 2.82. The van der Waals surface area contributed by atoms with E-state index in [4.69, 9.17) is 24.5 Å². The molecule has 1 aromatic carbocycles. The summed E-state index contributed by atoms with van der Waals surface area (Å²) in [6.45, 7) is 5.24. The van der Waals surface area contributed by atoms with Gasteiger partial charge in [0.1, 0.15) is 12.4 Å². The van der Waals surface area contributed by atoms with Gasteiger partial charge < -0.3 is 24.7 Å². The lowest BCUT2D eigenvalue weighted by atomic mass is 9.89. The summed E-state index contributed by atoms with van der Waals surface area (Å²) in [7, 11) is 4.04. The van der Waals surface area contributed by atoms with Gasteiger partial charge in [0.25, 0.3) is 0 Å². The van der Waals surface area contributed by atoms with Crippen LogP contribution in [0.1, 0.15) is 18.4 Å². The minimum absolute atomic E-state index is 0.0983. The van der Waals surface area contributed by atoms with Crippen molar-refractivity contribution in [2.75, 3.05) is 53.4 Å². The smallest absolute Gasteiger partial charge is 0.475 e. The molecule has 222 valence electrons. The third-order valence-corrected chi connectivity index (χ3v) is 5.72. The molecule has 0 aromatic heterocycles. The van der Waals surface area contributed by atoms with E-state index in [1.165, 1.54) is 12.1 Å². The van der Waals surface area contributed by atoms with Crippen LogP contribution in [-0.2, 0) is 25.7 Å². The monoisotopic (exact) mass is 577 g/mol. The van der Waals surface area contributed by atoms with Crippen LogP contribution in [0, 0.1) is 5.82 Å². The first-order valence-corrected chi connectivity index (χ1v) is 11.5. The molecule has 0 aliphatic carbocycles. The van der Waals surface area contributed by atoms with Crippen molar-refractivity contribution in [1.82, 2.24) is 14.7 Å². The number of hydrogen-bond donors (Lipinski definition) is 2. The van der Waals surface area contributed by atoms with Crippen molar-refractivity contribution in [2.45, 2.75) is 37.3 Å². The van der Waals surface area contributed by atoms with Crippen molar-refractivity contribution < 1.29 is 60.1 Å². The number of aliphatic carboxylic acids is 2. The molecule has 9 nitrogen and oxygen atoms in total. The number of carboxylic acids is 2. The van der Waals surface area contributed by atoms with Gasteiger partial charge in [-0.25, -0.2) is 14.0 Å². The first kappa shape index (κ1) is 34.0. The van der Waals surface area contributed by atoms with Gasteiger partial charge in [-0.1, -0.05) is 12.1 Å². The molecule has 1 spiro atoms. The molecule has 2 aliphatic heterocycles. The predicted molar refractivity (Wildman–Crippen MR) is 122 cm³/mol. The number of likely N-dealkylation sites (tertiary alicyclic amines) is 1. The summed E-state index contributed by atoms with van der Waals surface area (Å²) in [6, 6.07) is 6.72. The summed E-state index contributed by atoms with van der Waals surface area (Å²) in [5.74, 6) is -5.61. The summed E-state index contributed by atoms with van der Waals surface area (Å²) >= 11 is 0. The highest BCUT2D eigenvalue weighted by atomic mass is 19.4. The number of carboxylic acid groups (broad SMARTS) is 2. The molecule has 2 saturated heterocycles. The van der Waals surface area contributed by atoms with E-state index in [1.807, 2.05) is 31.1 Å². The molecule has 1 aromatic rings. The number of carbonyl (C=O) groups is 3. The van der Waals surface area contributed by atoms with E-state index in [0.717, 1.165) is 51.1 Å². The lowest BCUT2D eigenvalue weighted by Crippen LogP contribution is -2.59. The van der Waals surface area contributed by atoms with Crippen LogP contribution in [-0.4, -0.2) is 114 Å². The van der Waals surface area contributed by atoms with Crippen molar-refractivity contribution in [2.24, 2.45) is 0 Å². The molecule has 2 aliphatic rings. The van der Waals surface area contributed by atoms with Gasteiger partial charge in [0.05, 0.1) is 5.60 Å². The van der Waals surface area contributed by atoms with Crippen LogP contribution >= 0.6 is 0 Å². The van der Waals surface area contributed by atoms with Crippen LogP contribution in [0.5, 0.6) is 0 Å². The maximum atomic E-state index is 13.0. The van der Waals surface area contributed by atoms with Crippen molar-refractivity contribution in [1.29, 1.82) is 0 Å². The number of benzene rings is 1.